The van der Waals surface area contributed by atoms with Crippen LogP contribution in [0.4, 0.5) is 0 Å². The lowest BCUT2D eigenvalue weighted by atomic mass is 10.2. The number of nitrogens with one attached hydrogen (secondary N) is 1. The molecule has 1 heterocycles. The molecule has 0 spiro atoms. The van der Waals surface area contributed by atoms with Crippen molar-refractivity contribution in [2.75, 3.05) is 0 Å². The van der Waals surface area contributed by atoms with Gasteiger partial charge in [0.25, 0.3) is 0 Å². The largest absolute Gasteiger partial charge is 0.455 e. The fourth-order valence-electron chi connectivity index (χ4n) is 2.01. The highest BCUT2D eigenvalue weighted by molar-refractivity contribution is 6.42. The lowest BCUT2D eigenvalue weighted by molar-refractivity contribution is 0.471. The molecule has 3 nitrogen and oxygen atoms in total. The average molecular weight is 323 g/mol. The summed E-state index contributed by atoms with van der Waals surface area (Å²) in [5.74, 6) is 1.32. The minimum Gasteiger partial charge on any atom is -0.455 e. The third-order valence-electron chi connectivity index (χ3n) is 3.38. The number of benzene rings is 1. The Morgan fingerprint density at radius 3 is 2.86 bits per heavy atom. The molecule has 0 saturated heterocycles. The van der Waals surface area contributed by atoms with Gasteiger partial charge in [-0.3, -0.25) is 4.98 Å². The highest BCUT2D eigenvalue weighted by Crippen LogP contribution is 2.36. The molecule has 0 aliphatic heterocycles. The van der Waals surface area contributed by atoms with Crippen molar-refractivity contribution in [1.82, 2.24) is 10.3 Å². The molecule has 3 rings (SSSR count). The van der Waals surface area contributed by atoms with Crippen molar-refractivity contribution in [2.24, 2.45) is 0 Å². The molecule has 5 heteroatoms. The zero-order valence-corrected chi connectivity index (χ0v) is 13.2. The van der Waals surface area contributed by atoms with Crippen molar-refractivity contribution in [3.8, 4) is 11.5 Å². The van der Waals surface area contributed by atoms with Crippen molar-refractivity contribution in [1.29, 1.82) is 0 Å². The monoisotopic (exact) mass is 322 g/mol. The number of aryl methyl sites for hydroxylation is 1. The number of nitrogens with zero attached hydrogens (tertiary/aromatic N) is 1. The maximum absolute atomic E-state index is 6.18. The quantitative estimate of drug-likeness (QED) is 0.863. The lowest BCUT2D eigenvalue weighted by Gasteiger charge is -2.13. The Labute approximate surface area is 134 Å². The van der Waals surface area contributed by atoms with E-state index >= 15 is 0 Å². The van der Waals surface area contributed by atoms with Crippen molar-refractivity contribution in [3.63, 3.8) is 0 Å². The van der Waals surface area contributed by atoms with Gasteiger partial charge in [0.2, 0.25) is 0 Å². The highest BCUT2D eigenvalue weighted by Gasteiger charge is 2.21. The van der Waals surface area contributed by atoms with E-state index < -0.39 is 0 Å². The molecule has 1 aliphatic rings. The Kier molecular flexibility index (Phi) is 4.34. The molecular formula is C16H16Cl2N2O. The molecule has 0 atom stereocenters. The second-order valence-electron chi connectivity index (χ2n) is 5.24. The average Bonchev–Trinajstić information content (AvgIpc) is 3.27. The fraction of sp³-hybridized carbons (Fsp3) is 0.312. The Hall–Kier alpha value is -1.29. The van der Waals surface area contributed by atoms with Crippen LogP contribution in [0, 0.1) is 6.92 Å². The SMILES string of the molecule is Cc1cc(Oc2cccc(Cl)c2Cl)c(CNC2CC2)cn1. The number of aromatic nitrogens is 1. The van der Waals surface area contributed by atoms with Crippen molar-refractivity contribution >= 4 is 23.2 Å². The Morgan fingerprint density at radius 1 is 1.29 bits per heavy atom. The van der Waals surface area contributed by atoms with Gasteiger partial charge in [-0.1, -0.05) is 29.3 Å². The Balaban J connectivity index is 1.85. The fourth-order valence-corrected chi connectivity index (χ4v) is 2.34. The van der Waals surface area contributed by atoms with E-state index in [1.807, 2.05) is 31.3 Å². The van der Waals surface area contributed by atoms with Gasteiger partial charge in [-0.25, -0.2) is 0 Å². The molecule has 0 amide bonds. The van der Waals surface area contributed by atoms with Gasteiger partial charge in [-0.15, -0.1) is 0 Å². The van der Waals surface area contributed by atoms with Gasteiger partial charge in [-0.05, 0) is 31.9 Å². The van der Waals surface area contributed by atoms with Crippen molar-refractivity contribution in [3.05, 3.63) is 51.8 Å². The van der Waals surface area contributed by atoms with E-state index in [4.69, 9.17) is 27.9 Å². The first kappa shape index (κ1) is 14.6. The molecule has 110 valence electrons. The van der Waals surface area contributed by atoms with Gasteiger partial charge in [0.05, 0.1) is 5.02 Å². The molecule has 1 aliphatic carbocycles. The van der Waals surface area contributed by atoms with Crippen LogP contribution in [0.15, 0.2) is 30.5 Å². The van der Waals surface area contributed by atoms with Crippen LogP contribution >= 0.6 is 23.2 Å². The first-order valence-corrected chi connectivity index (χ1v) is 7.70. The van der Waals surface area contributed by atoms with Gasteiger partial charge in [0.1, 0.15) is 16.5 Å². The molecule has 2 aromatic rings. The van der Waals surface area contributed by atoms with Crippen LogP contribution in [0.25, 0.3) is 0 Å². The van der Waals surface area contributed by atoms with E-state index in [0.717, 1.165) is 23.6 Å². The zero-order chi connectivity index (χ0) is 14.8. The van der Waals surface area contributed by atoms with Crippen LogP contribution in [-0.4, -0.2) is 11.0 Å². The summed E-state index contributed by atoms with van der Waals surface area (Å²) in [6.07, 6.45) is 4.34. The van der Waals surface area contributed by atoms with Gasteiger partial charge < -0.3 is 10.1 Å². The van der Waals surface area contributed by atoms with Crippen LogP contribution in [0.2, 0.25) is 10.0 Å². The molecule has 1 N–H and O–H groups in total. The van der Waals surface area contributed by atoms with Crippen LogP contribution in [0.5, 0.6) is 11.5 Å². The van der Waals surface area contributed by atoms with E-state index in [0.29, 0.717) is 21.8 Å². The second-order valence-corrected chi connectivity index (χ2v) is 6.03. The molecule has 1 aromatic heterocycles. The zero-order valence-electron chi connectivity index (χ0n) is 11.7. The molecule has 0 radical (unpaired) electrons. The van der Waals surface area contributed by atoms with E-state index in [-0.39, 0.29) is 0 Å². The van der Waals surface area contributed by atoms with Crippen molar-refractivity contribution in [2.45, 2.75) is 32.4 Å². The Morgan fingerprint density at radius 2 is 2.10 bits per heavy atom. The van der Waals surface area contributed by atoms with Crippen LogP contribution < -0.4 is 10.1 Å². The normalized spacial score (nSPS) is 14.2. The van der Waals surface area contributed by atoms with Gasteiger partial charge >= 0.3 is 0 Å². The standard InChI is InChI=1S/C16H16Cl2N2O/c1-10-7-15(11(8-19-10)9-20-12-5-6-12)21-14-4-2-3-13(17)16(14)18/h2-4,7-8,12,20H,5-6,9H2,1H3. The molecule has 1 fully saturated rings. The highest BCUT2D eigenvalue weighted by atomic mass is 35.5. The summed E-state index contributed by atoms with van der Waals surface area (Å²) >= 11 is 12.2. The number of pyridine rings is 1. The Bertz CT molecular complexity index is 657. The minimum absolute atomic E-state index is 0.426. The second kappa shape index (κ2) is 6.22. The maximum atomic E-state index is 6.18. The number of hydrogen-bond donors (Lipinski definition) is 1. The summed E-state index contributed by atoms with van der Waals surface area (Å²) < 4.78 is 5.96. The van der Waals surface area contributed by atoms with E-state index in [1.165, 1.54) is 12.8 Å². The summed E-state index contributed by atoms with van der Waals surface area (Å²) in [6, 6.07) is 7.92. The number of ether oxygens (including phenoxy) is 1. The number of rotatable bonds is 5. The van der Waals surface area contributed by atoms with Crippen molar-refractivity contribution < 1.29 is 4.74 Å². The number of hydrogen-bond acceptors (Lipinski definition) is 3. The number of halogens is 2. The summed E-state index contributed by atoms with van der Waals surface area (Å²) in [5, 5.41) is 4.38. The molecule has 0 bridgehead atoms. The first-order chi connectivity index (χ1) is 10.1. The lowest BCUT2D eigenvalue weighted by Crippen LogP contribution is -2.16. The first-order valence-electron chi connectivity index (χ1n) is 6.94. The van der Waals surface area contributed by atoms with Crippen LogP contribution in [-0.2, 0) is 6.54 Å². The van der Waals surface area contributed by atoms with E-state index in [9.17, 15) is 0 Å². The van der Waals surface area contributed by atoms with E-state index in [1.54, 1.807) is 6.07 Å². The minimum atomic E-state index is 0.426. The van der Waals surface area contributed by atoms with Crippen LogP contribution in [0.3, 0.4) is 0 Å². The molecule has 1 saturated carbocycles. The summed E-state index contributed by atoms with van der Waals surface area (Å²) in [6.45, 7) is 2.68. The topological polar surface area (TPSA) is 34.1 Å². The molecular weight excluding hydrogens is 307 g/mol. The smallest absolute Gasteiger partial charge is 0.147 e. The molecule has 21 heavy (non-hydrogen) atoms. The predicted molar refractivity (Wildman–Crippen MR) is 85.4 cm³/mol. The predicted octanol–water partition coefficient (Wildman–Crippen LogP) is 4.74. The summed E-state index contributed by atoms with van der Waals surface area (Å²) in [5.41, 5.74) is 1.92. The molecule has 1 aromatic carbocycles. The third kappa shape index (κ3) is 3.67. The van der Waals surface area contributed by atoms with E-state index in [2.05, 4.69) is 10.3 Å². The summed E-state index contributed by atoms with van der Waals surface area (Å²) in [7, 11) is 0. The maximum Gasteiger partial charge on any atom is 0.147 e. The van der Waals surface area contributed by atoms with Gasteiger partial charge in [-0.2, -0.15) is 0 Å². The summed E-state index contributed by atoms with van der Waals surface area (Å²) in [4.78, 5) is 4.34. The van der Waals surface area contributed by atoms with Gasteiger partial charge in [0, 0.05) is 36.1 Å². The third-order valence-corrected chi connectivity index (χ3v) is 4.18. The molecule has 0 unspecified atom stereocenters. The van der Waals surface area contributed by atoms with Crippen LogP contribution in [0.1, 0.15) is 24.1 Å². The van der Waals surface area contributed by atoms with Gasteiger partial charge in [0.15, 0.2) is 0 Å².